The summed E-state index contributed by atoms with van der Waals surface area (Å²) in [7, 11) is 3.73. The molecule has 0 spiro atoms. The van der Waals surface area contributed by atoms with Gasteiger partial charge in [-0.2, -0.15) is 5.10 Å². The number of ether oxygens (including phenoxy) is 1. The first kappa shape index (κ1) is 23.0. The van der Waals surface area contributed by atoms with Gasteiger partial charge in [-0.1, -0.05) is 18.5 Å². The molecule has 2 saturated heterocycles. The van der Waals surface area contributed by atoms with Crippen molar-refractivity contribution in [3.8, 4) is 0 Å². The van der Waals surface area contributed by atoms with E-state index in [9.17, 15) is 0 Å². The summed E-state index contributed by atoms with van der Waals surface area (Å²) in [5.41, 5.74) is 2.27. The molecule has 1 atom stereocenters. The summed E-state index contributed by atoms with van der Waals surface area (Å²) in [4.78, 5) is 7.87. The second-order valence-corrected chi connectivity index (χ2v) is 9.23. The Balaban J connectivity index is 1.63. The number of likely N-dealkylation sites (N-methyl/N-ethyl adjacent to an activating group) is 1. The molecular weight excluding hydrogens is 386 g/mol. The van der Waals surface area contributed by atoms with Crippen LogP contribution in [0.1, 0.15) is 43.9 Å². The van der Waals surface area contributed by atoms with Crippen LogP contribution in [0.2, 0.25) is 5.15 Å². The SMILES string of the molecule is CCN1CCCC1CN(Cc1c(C)nn(C)c1Cl)CC1CCN(CCOC)CC1. The van der Waals surface area contributed by atoms with E-state index in [2.05, 4.69) is 33.6 Å². The molecule has 0 saturated carbocycles. The van der Waals surface area contributed by atoms with Crippen molar-refractivity contribution in [1.29, 1.82) is 0 Å². The highest BCUT2D eigenvalue weighted by atomic mass is 35.5. The van der Waals surface area contributed by atoms with Crippen molar-refractivity contribution in [2.24, 2.45) is 13.0 Å². The average molecular weight is 426 g/mol. The smallest absolute Gasteiger partial charge is 0.131 e. The van der Waals surface area contributed by atoms with E-state index >= 15 is 0 Å². The molecule has 2 aliphatic rings. The van der Waals surface area contributed by atoms with E-state index in [0.29, 0.717) is 6.04 Å². The first-order valence-electron chi connectivity index (χ1n) is 11.4. The van der Waals surface area contributed by atoms with Gasteiger partial charge < -0.3 is 9.64 Å². The summed E-state index contributed by atoms with van der Waals surface area (Å²) in [5.74, 6) is 0.765. The number of piperidine rings is 1. The zero-order valence-electron chi connectivity index (χ0n) is 18.9. The van der Waals surface area contributed by atoms with Gasteiger partial charge in [-0.15, -0.1) is 0 Å². The number of aryl methyl sites for hydroxylation is 2. The minimum atomic E-state index is 0.678. The number of rotatable bonds is 10. The fourth-order valence-corrected chi connectivity index (χ4v) is 5.31. The lowest BCUT2D eigenvalue weighted by atomic mass is 9.95. The highest BCUT2D eigenvalue weighted by Gasteiger charge is 2.28. The first-order valence-corrected chi connectivity index (χ1v) is 11.7. The lowest BCUT2D eigenvalue weighted by Gasteiger charge is -2.36. The number of hydrogen-bond donors (Lipinski definition) is 0. The highest BCUT2D eigenvalue weighted by molar-refractivity contribution is 6.30. The molecule has 3 rings (SSSR count). The molecule has 0 radical (unpaired) electrons. The van der Waals surface area contributed by atoms with Crippen molar-refractivity contribution < 1.29 is 4.74 Å². The number of likely N-dealkylation sites (tertiary alicyclic amines) is 2. The third-order valence-electron chi connectivity index (χ3n) is 6.86. The predicted molar refractivity (Wildman–Crippen MR) is 120 cm³/mol. The Hall–Kier alpha value is -0.660. The van der Waals surface area contributed by atoms with Crippen molar-refractivity contribution in [1.82, 2.24) is 24.5 Å². The Kier molecular flexibility index (Phi) is 8.81. The van der Waals surface area contributed by atoms with Gasteiger partial charge in [-0.05, 0) is 64.7 Å². The van der Waals surface area contributed by atoms with Crippen LogP contribution in [0.3, 0.4) is 0 Å². The fraction of sp³-hybridized carbons (Fsp3) is 0.864. The largest absolute Gasteiger partial charge is 0.383 e. The Morgan fingerprint density at radius 2 is 1.93 bits per heavy atom. The maximum Gasteiger partial charge on any atom is 0.131 e. The molecule has 1 aromatic heterocycles. The maximum absolute atomic E-state index is 6.59. The number of hydrogen-bond acceptors (Lipinski definition) is 5. The Labute approximate surface area is 182 Å². The number of halogens is 1. The lowest BCUT2D eigenvalue weighted by molar-refractivity contribution is 0.0964. The minimum Gasteiger partial charge on any atom is -0.383 e. The van der Waals surface area contributed by atoms with Crippen molar-refractivity contribution >= 4 is 11.6 Å². The summed E-state index contributed by atoms with van der Waals surface area (Å²) >= 11 is 6.59. The van der Waals surface area contributed by atoms with Crippen LogP contribution in [0.25, 0.3) is 0 Å². The van der Waals surface area contributed by atoms with Gasteiger partial charge in [0.1, 0.15) is 5.15 Å². The third kappa shape index (κ3) is 6.17. The van der Waals surface area contributed by atoms with Crippen LogP contribution in [0.15, 0.2) is 0 Å². The molecule has 0 aliphatic carbocycles. The molecule has 6 nitrogen and oxygen atoms in total. The van der Waals surface area contributed by atoms with Gasteiger partial charge in [0, 0.05) is 51.9 Å². The number of aromatic nitrogens is 2. The molecule has 1 unspecified atom stereocenters. The minimum absolute atomic E-state index is 0.678. The van der Waals surface area contributed by atoms with Gasteiger partial charge in [0.2, 0.25) is 0 Å². The van der Waals surface area contributed by atoms with Gasteiger partial charge in [0.25, 0.3) is 0 Å². The van der Waals surface area contributed by atoms with Crippen molar-refractivity contribution in [2.75, 3.05) is 59.5 Å². The molecule has 3 heterocycles. The maximum atomic E-state index is 6.59. The fourth-order valence-electron chi connectivity index (χ4n) is 5.08. The van der Waals surface area contributed by atoms with Crippen LogP contribution >= 0.6 is 11.6 Å². The first-order chi connectivity index (χ1) is 14.0. The molecule has 2 aliphatic heterocycles. The van der Waals surface area contributed by atoms with Gasteiger partial charge >= 0.3 is 0 Å². The highest BCUT2D eigenvalue weighted by Crippen LogP contribution is 2.26. The summed E-state index contributed by atoms with van der Waals surface area (Å²) in [6, 6.07) is 0.678. The molecule has 166 valence electrons. The summed E-state index contributed by atoms with van der Waals surface area (Å²) < 4.78 is 7.06. The molecular formula is C22H40ClN5O. The predicted octanol–water partition coefficient (Wildman–Crippen LogP) is 3.03. The molecule has 0 amide bonds. The zero-order chi connectivity index (χ0) is 20.8. The van der Waals surface area contributed by atoms with Crippen LogP contribution < -0.4 is 0 Å². The Morgan fingerprint density at radius 3 is 2.55 bits per heavy atom. The van der Waals surface area contributed by atoms with Crippen LogP contribution in [0, 0.1) is 12.8 Å². The number of methoxy groups -OCH3 is 1. The summed E-state index contributed by atoms with van der Waals surface area (Å²) in [5, 5.41) is 5.33. The average Bonchev–Trinajstić information content (AvgIpc) is 3.26. The molecule has 0 N–H and O–H groups in total. The van der Waals surface area contributed by atoms with Crippen LogP contribution in [0.4, 0.5) is 0 Å². The summed E-state index contributed by atoms with van der Waals surface area (Å²) in [6.07, 6.45) is 5.21. The molecule has 1 aromatic rings. The van der Waals surface area contributed by atoms with Gasteiger partial charge in [-0.25, -0.2) is 0 Å². The molecule has 2 fully saturated rings. The Morgan fingerprint density at radius 1 is 1.17 bits per heavy atom. The van der Waals surface area contributed by atoms with E-state index in [1.807, 2.05) is 11.7 Å². The van der Waals surface area contributed by atoms with Crippen LogP contribution in [-0.4, -0.2) is 90.1 Å². The topological polar surface area (TPSA) is 36.8 Å². The standard InChI is InChI=1S/C22H40ClN5O/c1-5-28-10-6-7-20(28)16-27(17-21-18(2)24-25(3)22(21)23)15-19-8-11-26(12-9-19)13-14-29-4/h19-20H,5-17H2,1-4H3. The molecule has 7 heteroatoms. The van der Waals surface area contributed by atoms with Crippen molar-refractivity contribution in [3.63, 3.8) is 0 Å². The van der Waals surface area contributed by atoms with Gasteiger partial charge in [0.05, 0.1) is 12.3 Å². The normalized spacial score (nSPS) is 22.2. The van der Waals surface area contributed by atoms with Crippen molar-refractivity contribution in [3.05, 3.63) is 16.4 Å². The number of nitrogens with zero attached hydrogens (tertiary/aromatic N) is 5. The monoisotopic (exact) mass is 425 g/mol. The Bertz CT molecular complexity index is 629. The van der Waals surface area contributed by atoms with Gasteiger partial charge in [0.15, 0.2) is 0 Å². The van der Waals surface area contributed by atoms with E-state index in [1.54, 1.807) is 7.11 Å². The van der Waals surface area contributed by atoms with Crippen LogP contribution in [0.5, 0.6) is 0 Å². The van der Waals surface area contributed by atoms with E-state index < -0.39 is 0 Å². The van der Waals surface area contributed by atoms with Crippen molar-refractivity contribution in [2.45, 2.75) is 52.1 Å². The zero-order valence-corrected chi connectivity index (χ0v) is 19.6. The van der Waals surface area contributed by atoms with E-state index in [1.165, 1.54) is 50.9 Å². The van der Waals surface area contributed by atoms with Crippen LogP contribution in [-0.2, 0) is 18.3 Å². The molecule has 29 heavy (non-hydrogen) atoms. The lowest BCUT2D eigenvalue weighted by Crippen LogP contribution is -2.44. The molecule has 0 bridgehead atoms. The third-order valence-corrected chi connectivity index (χ3v) is 7.33. The second kappa shape index (κ2) is 11.1. The van der Waals surface area contributed by atoms with E-state index in [0.717, 1.165) is 56.1 Å². The quantitative estimate of drug-likeness (QED) is 0.576. The second-order valence-electron chi connectivity index (χ2n) is 8.87. The van der Waals surface area contributed by atoms with E-state index in [-0.39, 0.29) is 0 Å². The summed E-state index contributed by atoms with van der Waals surface area (Å²) in [6.45, 7) is 14.3. The van der Waals surface area contributed by atoms with E-state index in [4.69, 9.17) is 16.3 Å². The molecule has 0 aromatic carbocycles. The van der Waals surface area contributed by atoms with Gasteiger partial charge in [-0.3, -0.25) is 14.5 Å².